The lowest BCUT2D eigenvalue weighted by Gasteiger charge is -2.34. The van der Waals surface area contributed by atoms with Crippen molar-refractivity contribution in [3.8, 4) is 5.75 Å². The Morgan fingerprint density at radius 3 is 2.48 bits per heavy atom. The molecule has 146 valence electrons. The van der Waals surface area contributed by atoms with E-state index >= 15 is 0 Å². The molecule has 1 aliphatic heterocycles. The van der Waals surface area contributed by atoms with Gasteiger partial charge in [0.05, 0.1) is 0 Å². The predicted molar refractivity (Wildman–Crippen MR) is 111 cm³/mol. The van der Waals surface area contributed by atoms with E-state index in [1.54, 1.807) is 0 Å². The number of nitrogens with one attached hydrogen (secondary N) is 1. The van der Waals surface area contributed by atoms with Crippen LogP contribution in [0.2, 0.25) is 0 Å². The summed E-state index contributed by atoms with van der Waals surface area (Å²) in [6.07, 6.45) is 0.430. The highest BCUT2D eigenvalue weighted by Crippen LogP contribution is 2.55. The van der Waals surface area contributed by atoms with E-state index in [2.05, 4.69) is 5.32 Å². The van der Waals surface area contributed by atoms with E-state index < -0.39 is 11.2 Å². The Labute approximate surface area is 165 Å². The summed E-state index contributed by atoms with van der Waals surface area (Å²) in [5.74, 6) is 0.685. The van der Waals surface area contributed by atoms with Crippen LogP contribution in [-0.2, 0) is 10.4 Å². The quantitative estimate of drug-likeness (QED) is 0.766. The molecule has 1 aromatic carbocycles. The highest BCUT2D eigenvalue weighted by molar-refractivity contribution is 7.10. The molecular weight excluding hydrogens is 358 g/mol. The topological polar surface area (TPSA) is 58.6 Å². The molecule has 0 aliphatic carbocycles. The molecule has 0 bridgehead atoms. The minimum absolute atomic E-state index is 0.0252. The van der Waals surface area contributed by atoms with E-state index in [9.17, 15) is 9.90 Å². The molecular formula is C22H29NO3S. The van der Waals surface area contributed by atoms with Crippen LogP contribution in [-0.4, -0.2) is 16.6 Å². The van der Waals surface area contributed by atoms with Gasteiger partial charge in [0.2, 0.25) is 5.91 Å². The van der Waals surface area contributed by atoms with Crippen molar-refractivity contribution in [1.82, 2.24) is 0 Å². The van der Waals surface area contributed by atoms with Gasteiger partial charge in [-0.05, 0) is 61.7 Å². The first-order valence-corrected chi connectivity index (χ1v) is 10.1. The van der Waals surface area contributed by atoms with Gasteiger partial charge in [-0.25, -0.2) is 0 Å². The van der Waals surface area contributed by atoms with Gasteiger partial charge in [0.25, 0.3) is 0 Å². The lowest BCUT2D eigenvalue weighted by molar-refractivity contribution is -0.117. The van der Waals surface area contributed by atoms with Gasteiger partial charge in [-0.2, -0.15) is 0 Å². The first-order valence-electron chi connectivity index (χ1n) is 9.27. The van der Waals surface area contributed by atoms with Crippen molar-refractivity contribution in [2.45, 2.75) is 66.1 Å². The predicted octanol–water partition coefficient (Wildman–Crippen LogP) is 5.15. The second-order valence-electron chi connectivity index (χ2n) is 9.14. The molecule has 2 N–H and O–H groups in total. The smallest absolute Gasteiger partial charge is 0.224 e. The Hall–Kier alpha value is -1.85. The molecule has 1 unspecified atom stereocenters. The number of anilines is 1. The summed E-state index contributed by atoms with van der Waals surface area (Å²) in [6.45, 7) is 13.9. The van der Waals surface area contributed by atoms with Crippen LogP contribution in [0.3, 0.4) is 0 Å². The highest BCUT2D eigenvalue weighted by atomic mass is 32.1. The number of rotatable bonds is 3. The minimum Gasteiger partial charge on any atom is -0.483 e. The summed E-state index contributed by atoms with van der Waals surface area (Å²) in [5, 5.41) is 16.8. The van der Waals surface area contributed by atoms with Crippen LogP contribution in [0.1, 0.15) is 62.6 Å². The average Bonchev–Trinajstić information content (AvgIpc) is 3.12. The molecule has 0 spiro atoms. The van der Waals surface area contributed by atoms with Crippen molar-refractivity contribution in [1.29, 1.82) is 0 Å². The van der Waals surface area contributed by atoms with Crippen LogP contribution in [0.5, 0.6) is 5.75 Å². The van der Waals surface area contributed by atoms with E-state index in [1.807, 2.05) is 72.0 Å². The van der Waals surface area contributed by atoms with E-state index in [-0.39, 0.29) is 11.3 Å². The van der Waals surface area contributed by atoms with Crippen LogP contribution in [0, 0.1) is 19.3 Å². The number of carbonyl (C=O) groups is 1. The fourth-order valence-electron chi connectivity index (χ4n) is 3.67. The summed E-state index contributed by atoms with van der Waals surface area (Å²) in [5.41, 5.74) is 1.18. The van der Waals surface area contributed by atoms with E-state index in [0.29, 0.717) is 17.7 Å². The van der Waals surface area contributed by atoms with Gasteiger partial charge in [-0.15, -0.1) is 11.3 Å². The fraction of sp³-hybridized carbons (Fsp3) is 0.500. The molecule has 0 saturated carbocycles. The van der Waals surface area contributed by atoms with Gasteiger partial charge < -0.3 is 15.2 Å². The number of amides is 1. The number of fused-ring (bicyclic) bond motifs is 1. The zero-order chi connectivity index (χ0) is 20.2. The Balaban J connectivity index is 2.10. The summed E-state index contributed by atoms with van der Waals surface area (Å²) >= 11 is 1.51. The first-order chi connectivity index (χ1) is 12.4. The monoisotopic (exact) mass is 387 g/mol. The van der Waals surface area contributed by atoms with Gasteiger partial charge in [0.15, 0.2) is 5.60 Å². The van der Waals surface area contributed by atoms with E-state index in [1.165, 1.54) is 11.3 Å². The van der Waals surface area contributed by atoms with Gasteiger partial charge in [-0.3, -0.25) is 4.79 Å². The van der Waals surface area contributed by atoms with Crippen molar-refractivity contribution < 1.29 is 14.6 Å². The van der Waals surface area contributed by atoms with Crippen LogP contribution in [0.15, 0.2) is 23.6 Å². The number of ether oxygens (including phenoxy) is 1. The number of thiophene rings is 1. The molecule has 2 heterocycles. The zero-order valence-electron chi connectivity index (χ0n) is 17.2. The lowest BCUT2D eigenvalue weighted by atomic mass is 9.79. The Morgan fingerprint density at radius 1 is 1.26 bits per heavy atom. The molecule has 1 atom stereocenters. The van der Waals surface area contributed by atoms with E-state index in [4.69, 9.17) is 4.74 Å². The third-order valence-electron chi connectivity index (χ3n) is 5.30. The summed E-state index contributed by atoms with van der Waals surface area (Å²) < 4.78 is 6.23. The van der Waals surface area contributed by atoms with Gasteiger partial charge in [0.1, 0.15) is 11.4 Å². The second-order valence-corrected chi connectivity index (χ2v) is 10.1. The number of hydrogen-bond acceptors (Lipinski definition) is 4. The summed E-state index contributed by atoms with van der Waals surface area (Å²) in [6, 6.07) is 5.74. The number of benzene rings is 1. The Morgan fingerprint density at radius 2 is 1.93 bits per heavy atom. The van der Waals surface area contributed by atoms with Gasteiger partial charge in [-0.1, -0.05) is 26.8 Å². The summed E-state index contributed by atoms with van der Waals surface area (Å²) in [7, 11) is 0. The minimum atomic E-state index is -1.27. The van der Waals surface area contributed by atoms with Crippen molar-refractivity contribution >= 4 is 22.9 Å². The van der Waals surface area contributed by atoms with Crippen LogP contribution >= 0.6 is 11.3 Å². The third kappa shape index (κ3) is 3.27. The van der Waals surface area contributed by atoms with Gasteiger partial charge >= 0.3 is 0 Å². The molecule has 1 aliphatic rings. The standard InChI is InChI=1S/C22H29NO3S/c1-13-14(2)19-15(11-16(13)23-18(24)12-20(3,4)5)22(25,21(6,7)26-19)17-9-8-10-27-17/h8-11,25H,12H2,1-7H3,(H,23,24). The Kier molecular flexibility index (Phi) is 4.68. The zero-order valence-corrected chi connectivity index (χ0v) is 18.0. The molecule has 27 heavy (non-hydrogen) atoms. The Bertz CT molecular complexity index is 878. The van der Waals surface area contributed by atoms with Crippen molar-refractivity contribution in [2.24, 2.45) is 5.41 Å². The fourth-order valence-corrected chi connectivity index (χ4v) is 4.65. The summed E-state index contributed by atoms with van der Waals surface area (Å²) in [4.78, 5) is 13.3. The number of carbonyl (C=O) groups excluding carboxylic acids is 1. The molecule has 1 amide bonds. The molecule has 1 aromatic heterocycles. The van der Waals surface area contributed by atoms with Crippen LogP contribution in [0.4, 0.5) is 5.69 Å². The number of aliphatic hydroxyl groups is 1. The molecule has 3 rings (SSSR count). The van der Waals surface area contributed by atoms with Crippen LogP contribution in [0.25, 0.3) is 0 Å². The maximum absolute atomic E-state index is 12.5. The highest BCUT2D eigenvalue weighted by Gasteiger charge is 2.56. The molecule has 0 fully saturated rings. The average molecular weight is 388 g/mol. The van der Waals surface area contributed by atoms with Crippen LogP contribution < -0.4 is 10.1 Å². The van der Waals surface area contributed by atoms with Crippen molar-refractivity contribution in [3.05, 3.63) is 45.1 Å². The second kappa shape index (κ2) is 6.35. The number of hydrogen-bond donors (Lipinski definition) is 2. The van der Waals surface area contributed by atoms with Gasteiger partial charge in [0, 0.05) is 22.5 Å². The third-order valence-corrected chi connectivity index (χ3v) is 6.28. The molecule has 4 nitrogen and oxygen atoms in total. The molecule has 2 aromatic rings. The molecule has 0 radical (unpaired) electrons. The first kappa shape index (κ1) is 19.9. The van der Waals surface area contributed by atoms with Crippen molar-refractivity contribution in [2.75, 3.05) is 5.32 Å². The van der Waals surface area contributed by atoms with Crippen molar-refractivity contribution in [3.63, 3.8) is 0 Å². The lowest BCUT2D eigenvalue weighted by Crippen LogP contribution is -2.47. The maximum atomic E-state index is 12.5. The normalized spacial score (nSPS) is 20.9. The largest absolute Gasteiger partial charge is 0.483 e. The van der Waals surface area contributed by atoms with E-state index in [0.717, 1.165) is 21.7 Å². The maximum Gasteiger partial charge on any atom is 0.224 e. The molecule has 0 saturated heterocycles. The SMILES string of the molecule is Cc1c(NC(=O)CC(C)(C)C)cc2c(c1C)OC(C)(C)C2(O)c1cccs1. The molecule has 5 heteroatoms.